The maximum absolute atomic E-state index is 11.7. The van der Waals surface area contributed by atoms with Gasteiger partial charge < -0.3 is 20.2 Å². The van der Waals surface area contributed by atoms with E-state index in [9.17, 15) is 9.59 Å². The van der Waals surface area contributed by atoms with E-state index in [-0.39, 0.29) is 24.3 Å². The van der Waals surface area contributed by atoms with Crippen LogP contribution in [0.3, 0.4) is 0 Å². The molecule has 1 aromatic rings. The zero-order valence-corrected chi connectivity index (χ0v) is 10.5. The van der Waals surface area contributed by atoms with Gasteiger partial charge in [-0.1, -0.05) is 6.92 Å². The highest BCUT2D eigenvalue weighted by atomic mass is 16.3. The van der Waals surface area contributed by atoms with Crippen molar-refractivity contribution < 1.29 is 19.1 Å². The zero-order chi connectivity index (χ0) is 13.5. The van der Waals surface area contributed by atoms with E-state index < -0.39 is 11.9 Å². The number of hydrogen-bond acceptors (Lipinski definition) is 4. The molecule has 0 radical (unpaired) electrons. The minimum atomic E-state index is -0.691. The Labute approximate surface area is 105 Å². The molecule has 1 rings (SSSR count). The standard InChI is InChI=1S/C12H18N2O4/c1-3-9(7-15)14-11(16)8(2)13-12(17)10-5-4-6-18-10/h4-6,8-9,15H,3,7H2,1-2H3,(H,13,17)(H,14,16). The van der Waals surface area contributed by atoms with E-state index in [0.717, 1.165) is 0 Å². The van der Waals surface area contributed by atoms with E-state index in [1.807, 2.05) is 6.92 Å². The molecule has 1 heterocycles. The number of nitrogens with one attached hydrogen (secondary N) is 2. The highest BCUT2D eigenvalue weighted by Gasteiger charge is 2.19. The van der Waals surface area contributed by atoms with Crippen LogP contribution in [-0.2, 0) is 4.79 Å². The summed E-state index contributed by atoms with van der Waals surface area (Å²) in [6.45, 7) is 3.30. The van der Waals surface area contributed by atoms with Crippen molar-refractivity contribution in [1.29, 1.82) is 0 Å². The molecule has 2 amide bonds. The molecule has 100 valence electrons. The first-order valence-corrected chi connectivity index (χ1v) is 5.84. The number of carbonyl (C=O) groups excluding carboxylic acids is 2. The van der Waals surface area contributed by atoms with E-state index >= 15 is 0 Å². The van der Waals surface area contributed by atoms with Gasteiger partial charge in [0, 0.05) is 0 Å². The molecule has 6 heteroatoms. The van der Waals surface area contributed by atoms with E-state index in [2.05, 4.69) is 10.6 Å². The molecule has 0 saturated carbocycles. The Morgan fingerprint density at radius 3 is 2.67 bits per heavy atom. The number of rotatable bonds is 6. The molecule has 2 atom stereocenters. The lowest BCUT2D eigenvalue weighted by Crippen LogP contribution is -2.48. The second-order valence-electron chi connectivity index (χ2n) is 3.97. The monoisotopic (exact) mass is 254 g/mol. The first-order chi connectivity index (χ1) is 8.58. The van der Waals surface area contributed by atoms with Crippen molar-refractivity contribution in [3.63, 3.8) is 0 Å². The number of amides is 2. The van der Waals surface area contributed by atoms with Gasteiger partial charge in [-0.05, 0) is 25.5 Å². The summed E-state index contributed by atoms with van der Waals surface area (Å²) in [5, 5.41) is 14.1. The SMILES string of the molecule is CCC(CO)NC(=O)C(C)NC(=O)c1ccco1. The van der Waals surface area contributed by atoms with Crippen molar-refractivity contribution in [2.45, 2.75) is 32.4 Å². The minimum Gasteiger partial charge on any atom is -0.459 e. The lowest BCUT2D eigenvalue weighted by molar-refractivity contribution is -0.123. The summed E-state index contributed by atoms with van der Waals surface area (Å²) in [5.74, 6) is -0.626. The minimum absolute atomic E-state index is 0.124. The largest absolute Gasteiger partial charge is 0.459 e. The molecule has 1 aromatic heterocycles. The molecule has 0 fully saturated rings. The quantitative estimate of drug-likeness (QED) is 0.680. The summed E-state index contributed by atoms with van der Waals surface area (Å²) in [5.41, 5.74) is 0. The van der Waals surface area contributed by atoms with E-state index in [0.29, 0.717) is 6.42 Å². The fourth-order valence-electron chi connectivity index (χ4n) is 1.34. The highest BCUT2D eigenvalue weighted by Crippen LogP contribution is 2.00. The predicted molar refractivity (Wildman–Crippen MR) is 64.9 cm³/mol. The molecule has 0 aliphatic rings. The van der Waals surface area contributed by atoms with Crippen LogP contribution in [0.2, 0.25) is 0 Å². The molecule has 2 unspecified atom stereocenters. The predicted octanol–water partition coefficient (Wildman–Crippen LogP) is 0.285. The Morgan fingerprint density at radius 2 is 2.17 bits per heavy atom. The number of carbonyl (C=O) groups is 2. The van der Waals surface area contributed by atoms with Gasteiger partial charge in [0.1, 0.15) is 6.04 Å². The second kappa shape index (κ2) is 6.80. The lowest BCUT2D eigenvalue weighted by atomic mass is 10.2. The average Bonchev–Trinajstić information content (AvgIpc) is 2.89. The summed E-state index contributed by atoms with van der Waals surface area (Å²) in [4.78, 5) is 23.3. The number of hydrogen-bond donors (Lipinski definition) is 3. The summed E-state index contributed by atoms with van der Waals surface area (Å²) in [6, 6.07) is 2.13. The van der Waals surface area contributed by atoms with Crippen LogP contribution >= 0.6 is 0 Å². The maximum atomic E-state index is 11.7. The first kappa shape index (κ1) is 14.2. The molecule has 0 aliphatic carbocycles. The fraction of sp³-hybridized carbons (Fsp3) is 0.500. The van der Waals surface area contributed by atoms with Crippen LogP contribution in [0, 0.1) is 0 Å². The van der Waals surface area contributed by atoms with Gasteiger partial charge in [0.25, 0.3) is 5.91 Å². The Balaban J connectivity index is 2.47. The van der Waals surface area contributed by atoms with Crippen molar-refractivity contribution in [2.75, 3.05) is 6.61 Å². The molecule has 0 aliphatic heterocycles. The van der Waals surface area contributed by atoms with Gasteiger partial charge in [-0.15, -0.1) is 0 Å². The van der Waals surface area contributed by atoms with Crippen LogP contribution < -0.4 is 10.6 Å². The van der Waals surface area contributed by atoms with Crippen LogP contribution in [0.5, 0.6) is 0 Å². The maximum Gasteiger partial charge on any atom is 0.287 e. The van der Waals surface area contributed by atoms with Crippen molar-refractivity contribution in [1.82, 2.24) is 10.6 Å². The zero-order valence-electron chi connectivity index (χ0n) is 10.5. The lowest BCUT2D eigenvalue weighted by Gasteiger charge is -2.18. The molecule has 0 aromatic carbocycles. The van der Waals surface area contributed by atoms with Crippen LogP contribution in [-0.4, -0.2) is 35.6 Å². The molecular weight excluding hydrogens is 236 g/mol. The molecule has 0 saturated heterocycles. The van der Waals surface area contributed by atoms with Crippen LogP contribution in [0.25, 0.3) is 0 Å². The van der Waals surface area contributed by atoms with Gasteiger partial charge in [-0.3, -0.25) is 9.59 Å². The molecule has 0 spiro atoms. The third-order valence-electron chi connectivity index (χ3n) is 2.55. The number of aliphatic hydroxyl groups excluding tert-OH is 1. The smallest absolute Gasteiger partial charge is 0.287 e. The van der Waals surface area contributed by atoms with Gasteiger partial charge in [0.15, 0.2) is 5.76 Å². The normalized spacial score (nSPS) is 13.7. The van der Waals surface area contributed by atoms with Crippen molar-refractivity contribution >= 4 is 11.8 Å². The average molecular weight is 254 g/mol. The number of furan rings is 1. The van der Waals surface area contributed by atoms with Crippen LogP contribution in [0.4, 0.5) is 0 Å². The van der Waals surface area contributed by atoms with Gasteiger partial charge in [0.2, 0.25) is 5.91 Å². The van der Waals surface area contributed by atoms with Crippen molar-refractivity contribution in [2.24, 2.45) is 0 Å². The second-order valence-corrected chi connectivity index (χ2v) is 3.97. The van der Waals surface area contributed by atoms with Gasteiger partial charge in [-0.2, -0.15) is 0 Å². The summed E-state index contributed by atoms with van der Waals surface area (Å²) in [6.07, 6.45) is 2.01. The Kier molecular flexibility index (Phi) is 5.38. The molecule has 3 N–H and O–H groups in total. The van der Waals surface area contributed by atoms with E-state index in [1.165, 1.54) is 12.3 Å². The summed E-state index contributed by atoms with van der Waals surface area (Å²) < 4.78 is 4.92. The topological polar surface area (TPSA) is 91.6 Å². The molecule has 0 bridgehead atoms. The van der Waals surface area contributed by atoms with E-state index in [1.54, 1.807) is 13.0 Å². The number of aliphatic hydroxyl groups is 1. The highest BCUT2D eigenvalue weighted by molar-refractivity contribution is 5.95. The molecule has 18 heavy (non-hydrogen) atoms. The van der Waals surface area contributed by atoms with Crippen molar-refractivity contribution in [3.05, 3.63) is 24.2 Å². The Bertz CT molecular complexity index is 385. The summed E-state index contributed by atoms with van der Waals surface area (Å²) >= 11 is 0. The fourth-order valence-corrected chi connectivity index (χ4v) is 1.34. The Morgan fingerprint density at radius 1 is 1.44 bits per heavy atom. The third-order valence-corrected chi connectivity index (χ3v) is 2.55. The first-order valence-electron chi connectivity index (χ1n) is 5.84. The van der Waals surface area contributed by atoms with E-state index in [4.69, 9.17) is 9.52 Å². The molecule has 6 nitrogen and oxygen atoms in total. The van der Waals surface area contributed by atoms with Gasteiger partial charge in [0.05, 0.1) is 18.9 Å². The summed E-state index contributed by atoms with van der Waals surface area (Å²) in [7, 11) is 0. The van der Waals surface area contributed by atoms with Crippen LogP contribution in [0.1, 0.15) is 30.8 Å². The third kappa shape index (κ3) is 3.89. The van der Waals surface area contributed by atoms with Crippen molar-refractivity contribution in [3.8, 4) is 0 Å². The molecular formula is C12H18N2O4. The van der Waals surface area contributed by atoms with Gasteiger partial charge in [-0.25, -0.2) is 0 Å². The van der Waals surface area contributed by atoms with Gasteiger partial charge >= 0.3 is 0 Å². The Hall–Kier alpha value is -1.82. The van der Waals surface area contributed by atoms with Crippen LogP contribution in [0.15, 0.2) is 22.8 Å².